The fourth-order valence-electron chi connectivity index (χ4n) is 3.12. The maximum Gasteiger partial charge on any atom is 0.228 e. The summed E-state index contributed by atoms with van der Waals surface area (Å²) in [5.74, 6) is 0.396. The first-order chi connectivity index (χ1) is 9.64. The van der Waals surface area contributed by atoms with E-state index in [0.717, 1.165) is 16.8 Å². The highest BCUT2D eigenvalue weighted by molar-refractivity contribution is 6.34. The van der Waals surface area contributed by atoms with Gasteiger partial charge in [0.1, 0.15) is 0 Å². The minimum absolute atomic E-state index is 0.0177. The minimum Gasteiger partial charge on any atom is -0.324 e. The Morgan fingerprint density at radius 1 is 1.29 bits per heavy atom. The Balaban J connectivity index is 2.19. The zero-order valence-electron chi connectivity index (χ0n) is 13.7. The average molecular weight is 306 g/mol. The number of hydrogen-bond acceptors (Lipinski definition) is 1. The van der Waals surface area contributed by atoms with Crippen molar-refractivity contribution < 1.29 is 4.79 Å². The lowest BCUT2D eigenvalue weighted by atomic mass is 10.1. The summed E-state index contributed by atoms with van der Waals surface area (Å²) in [5.41, 5.74) is 4.13. The van der Waals surface area contributed by atoms with Crippen LogP contribution in [0.2, 0.25) is 5.02 Å². The van der Waals surface area contributed by atoms with E-state index in [2.05, 4.69) is 39.1 Å². The Morgan fingerprint density at radius 3 is 2.43 bits per heavy atom. The highest BCUT2D eigenvalue weighted by Crippen LogP contribution is 2.59. The lowest BCUT2D eigenvalue weighted by Gasteiger charge is -2.12. The lowest BCUT2D eigenvalue weighted by molar-refractivity contribution is -0.118. The van der Waals surface area contributed by atoms with Gasteiger partial charge in [0, 0.05) is 0 Å². The number of amides is 1. The smallest absolute Gasteiger partial charge is 0.228 e. The maximum absolute atomic E-state index is 12.6. The van der Waals surface area contributed by atoms with E-state index in [9.17, 15) is 4.79 Å². The van der Waals surface area contributed by atoms with Crippen molar-refractivity contribution in [3.05, 3.63) is 39.9 Å². The van der Waals surface area contributed by atoms with Gasteiger partial charge < -0.3 is 5.32 Å². The molecule has 0 aliphatic heterocycles. The highest BCUT2D eigenvalue weighted by Gasteiger charge is 2.60. The molecule has 3 heteroatoms. The molecule has 2 atom stereocenters. The molecule has 0 bridgehead atoms. The zero-order valence-corrected chi connectivity index (χ0v) is 14.4. The van der Waals surface area contributed by atoms with Crippen molar-refractivity contribution in [2.45, 2.75) is 41.5 Å². The number of nitrogens with one attached hydrogen (secondary N) is 1. The third kappa shape index (κ3) is 3.16. The molecule has 1 N–H and O–H groups in total. The number of carbonyl (C=O) groups is 1. The average Bonchev–Trinajstić information content (AvgIpc) is 2.84. The van der Waals surface area contributed by atoms with Crippen LogP contribution < -0.4 is 5.32 Å². The van der Waals surface area contributed by atoms with E-state index in [1.165, 1.54) is 5.57 Å². The largest absolute Gasteiger partial charge is 0.324 e. The van der Waals surface area contributed by atoms with E-state index < -0.39 is 0 Å². The topological polar surface area (TPSA) is 29.1 Å². The molecular formula is C18H24ClNO. The molecule has 1 aromatic rings. The number of hydrogen-bond donors (Lipinski definition) is 1. The van der Waals surface area contributed by atoms with Gasteiger partial charge in [-0.1, -0.05) is 43.2 Å². The van der Waals surface area contributed by atoms with Crippen LogP contribution >= 0.6 is 11.6 Å². The van der Waals surface area contributed by atoms with Gasteiger partial charge in [0.25, 0.3) is 0 Å². The summed E-state index contributed by atoms with van der Waals surface area (Å²) < 4.78 is 0. The van der Waals surface area contributed by atoms with Crippen molar-refractivity contribution >= 4 is 23.2 Å². The molecule has 0 aromatic heterocycles. The van der Waals surface area contributed by atoms with E-state index in [-0.39, 0.29) is 17.2 Å². The van der Waals surface area contributed by atoms with Crippen LogP contribution in [0.3, 0.4) is 0 Å². The van der Waals surface area contributed by atoms with Crippen LogP contribution in [0, 0.1) is 31.1 Å². The van der Waals surface area contributed by atoms with Gasteiger partial charge in [-0.2, -0.15) is 0 Å². The number of halogens is 1. The third-order valence-electron chi connectivity index (χ3n) is 4.39. The first-order valence-corrected chi connectivity index (χ1v) is 7.75. The van der Waals surface area contributed by atoms with Gasteiger partial charge in [-0.05, 0) is 56.2 Å². The van der Waals surface area contributed by atoms with E-state index in [1.54, 1.807) is 0 Å². The number of aryl methyl sites for hydroxylation is 2. The Labute approximate surface area is 132 Å². The van der Waals surface area contributed by atoms with Crippen LogP contribution in [-0.4, -0.2) is 5.91 Å². The summed E-state index contributed by atoms with van der Waals surface area (Å²) in [4.78, 5) is 12.6. The second-order valence-electron chi connectivity index (χ2n) is 7.00. The predicted molar refractivity (Wildman–Crippen MR) is 89.7 cm³/mol. The standard InChI is InChI=1S/C18H24ClNO/c1-10(2)7-13-15(18(13,5)6)17(21)20-16-12(4)8-11(3)9-14(16)19/h7-9,13,15H,1-6H3,(H,20,21)/t13-,15-/m0/s1. The molecule has 1 aliphatic rings. The molecule has 2 rings (SSSR count). The van der Waals surface area contributed by atoms with Crippen LogP contribution in [0.4, 0.5) is 5.69 Å². The first kappa shape index (κ1) is 16.1. The summed E-state index contributed by atoms with van der Waals surface area (Å²) in [5, 5.41) is 3.64. The van der Waals surface area contributed by atoms with Crippen LogP contribution in [0.1, 0.15) is 38.8 Å². The molecule has 1 amide bonds. The quantitative estimate of drug-likeness (QED) is 0.770. The van der Waals surface area contributed by atoms with Gasteiger partial charge in [-0.3, -0.25) is 4.79 Å². The normalized spacial score (nSPS) is 22.6. The molecule has 1 aromatic carbocycles. The van der Waals surface area contributed by atoms with E-state index in [0.29, 0.717) is 10.9 Å². The molecule has 114 valence electrons. The summed E-state index contributed by atoms with van der Waals surface area (Å²) in [6.07, 6.45) is 2.20. The maximum atomic E-state index is 12.6. The van der Waals surface area contributed by atoms with Crippen molar-refractivity contribution in [3.63, 3.8) is 0 Å². The molecule has 2 nitrogen and oxygen atoms in total. The number of anilines is 1. The SMILES string of the molecule is CC(C)=C[C@H]1[C@@H](C(=O)Nc2c(C)cc(C)cc2Cl)C1(C)C. The van der Waals surface area contributed by atoms with Gasteiger partial charge >= 0.3 is 0 Å². The molecule has 0 saturated heterocycles. The summed E-state index contributed by atoms with van der Waals surface area (Å²) in [6, 6.07) is 3.92. The number of carbonyl (C=O) groups excluding carboxylic acids is 1. The molecule has 1 aliphatic carbocycles. The highest BCUT2D eigenvalue weighted by atomic mass is 35.5. The van der Waals surface area contributed by atoms with Gasteiger partial charge in [-0.25, -0.2) is 0 Å². The molecule has 0 heterocycles. The predicted octanol–water partition coefficient (Wildman–Crippen LogP) is 5.13. The number of benzene rings is 1. The van der Waals surface area contributed by atoms with Crippen LogP contribution in [0.15, 0.2) is 23.8 Å². The van der Waals surface area contributed by atoms with Gasteiger partial charge in [0.05, 0.1) is 16.6 Å². The van der Waals surface area contributed by atoms with Crippen LogP contribution in [0.5, 0.6) is 0 Å². The Kier molecular flexibility index (Phi) is 4.21. The van der Waals surface area contributed by atoms with Gasteiger partial charge in [0.15, 0.2) is 0 Å². The zero-order chi connectivity index (χ0) is 15.9. The molecular weight excluding hydrogens is 282 g/mol. The molecule has 0 spiro atoms. The van der Waals surface area contributed by atoms with Crippen molar-refractivity contribution in [3.8, 4) is 0 Å². The molecule has 1 saturated carbocycles. The Hall–Kier alpha value is -1.28. The summed E-state index contributed by atoms with van der Waals surface area (Å²) in [6.45, 7) is 12.4. The fraction of sp³-hybridized carbons (Fsp3) is 0.500. The molecule has 0 radical (unpaired) electrons. The number of allylic oxidation sites excluding steroid dienone is 2. The Morgan fingerprint density at radius 2 is 1.90 bits per heavy atom. The number of rotatable bonds is 3. The van der Waals surface area contributed by atoms with Crippen molar-refractivity contribution in [1.29, 1.82) is 0 Å². The minimum atomic E-state index is 0.0177. The van der Waals surface area contributed by atoms with Crippen molar-refractivity contribution in [2.24, 2.45) is 17.3 Å². The first-order valence-electron chi connectivity index (χ1n) is 7.37. The summed E-state index contributed by atoms with van der Waals surface area (Å²) in [7, 11) is 0. The second-order valence-corrected chi connectivity index (χ2v) is 7.40. The van der Waals surface area contributed by atoms with Crippen molar-refractivity contribution in [1.82, 2.24) is 0 Å². The van der Waals surface area contributed by atoms with E-state index >= 15 is 0 Å². The lowest BCUT2D eigenvalue weighted by Crippen LogP contribution is -2.18. The van der Waals surface area contributed by atoms with Crippen LogP contribution in [0.25, 0.3) is 0 Å². The molecule has 0 unspecified atom stereocenters. The monoisotopic (exact) mass is 305 g/mol. The Bertz CT molecular complexity index is 589. The van der Waals surface area contributed by atoms with Gasteiger partial charge in [-0.15, -0.1) is 0 Å². The fourth-order valence-corrected chi connectivity index (χ4v) is 3.49. The molecule has 1 fully saturated rings. The van der Waals surface area contributed by atoms with E-state index in [1.807, 2.05) is 26.0 Å². The molecule has 21 heavy (non-hydrogen) atoms. The van der Waals surface area contributed by atoms with Crippen LogP contribution in [-0.2, 0) is 4.79 Å². The second kappa shape index (κ2) is 5.49. The van der Waals surface area contributed by atoms with Crippen molar-refractivity contribution in [2.75, 3.05) is 5.32 Å². The third-order valence-corrected chi connectivity index (χ3v) is 4.68. The summed E-state index contributed by atoms with van der Waals surface area (Å²) >= 11 is 6.27. The van der Waals surface area contributed by atoms with Gasteiger partial charge in [0.2, 0.25) is 5.91 Å². The van der Waals surface area contributed by atoms with E-state index in [4.69, 9.17) is 11.6 Å².